The number of ether oxygens (including phenoxy) is 1. The van der Waals surface area contributed by atoms with Crippen LogP contribution in [0.1, 0.15) is 45.2 Å². The standard InChI is InChI=1S/C17H19BrF2N2O2/c1-16(2,3)24-15(23)22-9-17(4,7-13(19)20)12-6-11(18)5-10(8-21)14(12)22/h5-6,13H,7,9H2,1-4H3. The molecule has 1 heterocycles. The number of alkyl halides is 2. The number of anilines is 1. The van der Waals surface area contributed by atoms with Gasteiger partial charge in [-0.2, -0.15) is 5.26 Å². The molecule has 7 heteroatoms. The van der Waals surface area contributed by atoms with E-state index in [1.807, 2.05) is 6.07 Å². The monoisotopic (exact) mass is 400 g/mol. The fourth-order valence-electron chi connectivity index (χ4n) is 2.94. The lowest BCUT2D eigenvalue weighted by Crippen LogP contribution is -2.40. The van der Waals surface area contributed by atoms with Crippen molar-refractivity contribution in [3.63, 3.8) is 0 Å². The quantitative estimate of drug-likeness (QED) is 0.702. The van der Waals surface area contributed by atoms with E-state index in [4.69, 9.17) is 4.74 Å². The van der Waals surface area contributed by atoms with Gasteiger partial charge in [-0.25, -0.2) is 13.6 Å². The molecule has 4 nitrogen and oxygen atoms in total. The van der Waals surface area contributed by atoms with Crippen LogP contribution in [0, 0.1) is 11.3 Å². The van der Waals surface area contributed by atoms with Gasteiger partial charge in [0.1, 0.15) is 11.7 Å². The van der Waals surface area contributed by atoms with Crippen LogP contribution in [0.4, 0.5) is 19.3 Å². The zero-order valence-electron chi connectivity index (χ0n) is 14.0. The summed E-state index contributed by atoms with van der Waals surface area (Å²) in [6.07, 6.45) is -3.56. The second-order valence-corrected chi connectivity index (χ2v) is 8.10. The highest BCUT2D eigenvalue weighted by Gasteiger charge is 2.45. The maximum absolute atomic E-state index is 13.1. The molecule has 0 saturated heterocycles. The van der Waals surface area contributed by atoms with Gasteiger partial charge in [0.25, 0.3) is 0 Å². The number of nitrogens with zero attached hydrogens (tertiary/aromatic N) is 2. The smallest absolute Gasteiger partial charge is 0.414 e. The normalized spacial score (nSPS) is 20.0. The number of hydrogen-bond acceptors (Lipinski definition) is 3. The first-order valence-electron chi connectivity index (χ1n) is 7.49. The van der Waals surface area contributed by atoms with E-state index in [0.29, 0.717) is 15.7 Å². The molecule has 1 atom stereocenters. The largest absolute Gasteiger partial charge is 0.443 e. The van der Waals surface area contributed by atoms with Crippen LogP contribution in [0.15, 0.2) is 16.6 Å². The average molecular weight is 401 g/mol. The highest BCUT2D eigenvalue weighted by molar-refractivity contribution is 9.10. The molecular weight excluding hydrogens is 382 g/mol. The molecule has 130 valence electrons. The molecular formula is C17H19BrF2N2O2. The van der Waals surface area contributed by atoms with E-state index in [-0.39, 0.29) is 12.1 Å². The maximum Gasteiger partial charge on any atom is 0.414 e. The average Bonchev–Trinajstić information content (AvgIpc) is 2.69. The van der Waals surface area contributed by atoms with Gasteiger partial charge in [-0.05, 0) is 38.5 Å². The predicted octanol–water partition coefficient (Wildman–Crippen LogP) is 4.99. The third-order valence-corrected chi connectivity index (χ3v) is 4.30. The van der Waals surface area contributed by atoms with Gasteiger partial charge < -0.3 is 4.74 Å². The Kier molecular flexibility index (Phi) is 4.91. The Morgan fingerprint density at radius 3 is 2.62 bits per heavy atom. The molecule has 24 heavy (non-hydrogen) atoms. The molecule has 2 rings (SSSR count). The SMILES string of the molecule is CC(C)(C)OC(=O)N1CC(C)(CC(F)F)c2cc(Br)cc(C#N)c21. The third kappa shape index (κ3) is 3.69. The van der Waals surface area contributed by atoms with E-state index < -0.39 is 30.0 Å². The number of halogens is 3. The van der Waals surface area contributed by atoms with E-state index in [2.05, 4.69) is 15.9 Å². The van der Waals surface area contributed by atoms with Gasteiger partial charge in [0.05, 0.1) is 11.3 Å². The van der Waals surface area contributed by atoms with Crippen molar-refractivity contribution in [2.45, 2.75) is 51.6 Å². The van der Waals surface area contributed by atoms with Crippen molar-refractivity contribution in [2.24, 2.45) is 0 Å². The molecule has 0 aliphatic carbocycles. The highest BCUT2D eigenvalue weighted by Crippen LogP contribution is 2.47. The van der Waals surface area contributed by atoms with Crippen LogP contribution in [-0.4, -0.2) is 24.7 Å². The van der Waals surface area contributed by atoms with Crippen molar-refractivity contribution in [1.29, 1.82) is 5.26 Å². The number of benzene rings is 1. The van der Waals surface area contributed by atoms with Gasteiger partial charge in [-0.15, -0.1) is 0 Å². The van der Waals surface area contributed by atoms with Crippen LogP contribution in [0.25, 0.3) is 0 Å². The minimum Gasteiger partial charge on any atom is -0.443 e. The Morgan fingerprint density at radius 2 is 2.12 bits per heavy atom. The predicted molar refractivity (Wildman–Crippen MR) is 90.4 cm³/mol. The maximum atomic E-state index is 13.1. The zero-order valence-corrected chi connectivity index (χ0v) is 15.6. The van der Waals surface area contributed by atoms with Crippen molar-refractivity contribution in [3.05, 3.63) is 27.7 Å². The topological polar surface area (TPSA) is 53.3 Å². The Bertz CT molecular complexity index is 710. The summed E-state index contributed by atoms with van der Waals surface area (Å²) in [4.78, 5) is 13.8. The first-order chi connectivity index (χ1) is 11.0. The van der Waals surface area contributed by atoms with Crippen LogP contribution in [0.5, 0.6) is 0 Å². The van der Waals surface area contributed by atoms with Crippen LogP contribution >= 0.6 is 15.9 Å². The molecule has 0 spiro atoms. The lowest BCUT2D eigenvalue weighted by Gasteiger charge is -2.27. The van der Waals surface area contributed by atoms with Gasteiger partial charge >= 0.3 is 6.09 Å². The summed E-state index contributed by atoms with van der Waals surface area (Å²) in [6, 6.07) is 5.31. The van der Waals surface area contributed by atoms with Crippen molar-refractivity contribution < 1.29 is 18.3 Å². The van der Waals surface area contributed by atoms with Crippen LogP contribution in [-0.2, 0) is 10.2 Å². The summed E-state index contributed by atoms with van der Waals surface area (Å²) < 4.78 is 32.2. The summed E-state index contributed by atoms with van der Waals surface area (Å²) >= 11 is 3.31. The van der Waals surface area contributed by atoms with Gasteiger partial charge in [0.15, 0.2) is 0 Å². The number of carbonyl (C=O) groups excluding carboxylic acids is 1. The molecule has 0 aromatic heterocycles. The lowest BCUT2D eigenvalue weighted by atomic mass is 9.81. The number of hydrogen-bond donors (Lipinski definition) is 0. The Balaban J connectivity index is 2.56. The van der Waals surface area contributed by atoms with Crippen molar-refractivity contribution >= 4 is 27.7 Å². The fourth-order valence-corrected chi connectivity index (χ4v) is 3.39. The number of amides is 1. The van der Waals surface area contributed by atoms with E-state index in [1.165, 1.54) is 4.90 Å². The molecule has 1 aliphatic rings. The second-order valence-electron chi connectivity index (χ2n) is 7.18. The summed E-state index contributed by atoms with van der Waals surface area (Å²) in [5.74, 6) is 0. The summed E-state index contributed by atoms with van der Waals surface area (Å²) in [7, 11) is 0. The van der Waals surface area contributed by atoms with Crippen molar-refractivity contribution in [1.82, 2.24) is 0 Å². The molecule has 0 bridgehead atoms. The summed E-state index contributed by atoms with van der Waals surface area (Å²) in [6.45, 7) is 6.91. The van der Waals surface area contributed by atoms with E-state index in [9.17, 15) is 18.8 Å². The van der Waals surface area contributed by atoms with Gasteiger partial charge in [0.2, 0.25) is 6.43 Å². The number of nitriles is 1. The van der Waals surface area contributed by atoms with E-state index in [0.717, 1.165) is 0 Å². The molecule has 1 aromatic rings. The minimum atomic E-state index is -2.52. The number of carbonyl (C=O) groups is 1. The van der Waals surface area contributed by atoms with Gasteiger partial charge in [0, 0.05) is 22.9 Å². The Hall–Kier alpha value is -1.68. The minimum absolute atomic E-state index is 0.0483. The van der Waals surface area contributed by atoms with Crippen molar-refractivity contribution in [2.75, 3.05) is 11.4 Å². The zero-order chi connectivity index (χ0) is 18.3. The van der Waals surface area contributed by atoms with Crippen LogP contribution < -0.4 is 4.90 Å². The van der Waals surface area contributed by atoms with Gasteiger partial charge in [-0.1, -0.05) is 22.9 Å². The fraction of sp³-hybridized carbons (Fsp3) is 0.529. The third-order valence-electron chi connectivity index (χ3n) is 3.84. The number of rotatable bonds is 2. The van der Waals surface area contributed by atoms with Crippen LogP contribution in [0.3, 0.4) is 0 Å². The first kappa shape index (κ1) is 18.7. The van der Waals surface area contributed by atoms with E-state index in [1.54, 1.807) is 39.8 Å². The summed E-state index contributed by atoms with van der Waals surface area (Å²) in [5.41, 5.74) is -0.502. The van der Waals surface area contributed by atoms with Gasteiger partial charge in [-0.3, -0.25) is 4.90 Å². The Morgan fingerprint density at radius 1 is 1.50 bits per heavy atom. The number of fused-ring (bicyclic) bond motifs is 1. The molecule has 0 radical (unpaired) electrons. The van der Waals surface area contributed by atoms with Crippen molar-refractivity contribution in [3.8, 4) is 6.07 Å². The lowest BCUT2D eigenvalue weighted by molar-refractivity contribution is 0.0568. The van der Waals surface area contributed by atoms with Crippen LogP contribution in [0.2, 0.25) is 0 Å². The molecule has 1 aliphatic heterocycles. The second kappa shape index (κ2) is 6.32. The highest BCUT2D eigenvalue weighted by atomic mass is 79.9. The molecule has 0 saturated carbocycles. The molecule has 0 N–H and O–H groups in total. The Labute approximate surface area is 148 Å². The molecule has 1 amide bonds. The first-order valence-corrected chi connectivity index (χ1v) is 8.29. The molecule has 1 unspecified atom stereocenters. The molecule has 0 fully saturated rings. The summed E-state index contributed by atoms with van der Waals surface area (Å²) in [5, 5.41) is 9.41. The van der Waals surface area contributed by atoms with E-state index >= 15 is 0 Å². The molecule has 1 aromatic carbocycles.